The molecule has 0 bridgehead atoms. The summed E-state index contributed by atoms with van der Waals surface area (Å²) in [5.41, 5.74) is 5.10. The Morgan fingerprint density at radius 1 is 1.07 bits per heavy atom. The molecule has 7 heteroatoms. The van der Waals surface area contributed by atoms with Crippen molar-refractivity contribution >= 4 is 39.3 Å². The van der Waals surface area contributed by atoms with E-state index in [-0.39, 0.29) is 11.7 Å². The number of fused-ring (bicyclic) bond motifs is 2. The lowest BCUT2D eigenvalue weighted by Gasteiger charge is -2.23. The van der Waals surface area contributed by atoms with Gasteiger partial charge < -0.3 is 0 Å². The number of benzene rings is 2. The van der Waals surface area contributed by atoms with E-state index in [1.807, 2.05) is 12.1 Å². The van der Waals surface area contributed by atoms with Crippen LogP contribution in [0.4, 0.5) is 0 Å². The molecule has 2 aromatic heterocycles. The quantitative estimate of drug-likeness (QED) is 0.367. The van der Waals surface area contributed by atoms with Crippen LogP contribution in [0, 0.1) is 6.92 Å². The van der Waals surface area contributed by atoms with Crippen molar-refractivity contribution in [3.8, 4) is 0 Å². The van der Waals surface area contributed by atoms with E-state index in [1.165, 1.54) is 16.7 Å². The molecule has 2 heterocycles. The number of carbonyl (C=O) groups is 1. The van der Waals surface area contributed by atoms with E-state index in [9.17, 15) is 4.79 Å². The van der Waals surface area contributed by atoms with Gasteiger partial charge in [0.1, 0.15) is 0 Å². The molecule has 1 aliphatic rings. The highest BCUT2D eigenvalue weighted by atomic mass is 79.9. The van der Waals surface area contributed by atoms with Crippen molar-refractivity contribution in [2.45, 2.75) is 36.6 Å². The molecule has 0 saturated carbocycles. The van der Waals surface area contributed by atoms with Crippen molar-refractivity contribution in [3.63, 3.8) is 0 Å². The zero-order chi connectivity index (χ0) is 20.7. The van der Waals surface area contributed by atoms with Crippen LogP contribution in [-0.4, -0.2) is 25.4 Å². The molecule has 0 N–H and O–H groups in total. The molecule has 1 aliphatic carbocycles. The Kier molecular flexibility index (Phi) is 5.16. The molecule has 1 atom stereocenters. The summed E-state index contributed by atoms with van der Waals surface area (Å²) in [7, 11) is 0. The van der Waals surface area contributed by atoms with Gasteiger partial charge >= 0.3 is 0 Å². The number of hydrogen-bond donors (Lipinski definition) is 0. The number of Topliss-reactive ketones (excluding diaryl/α,β-unsaturated/α-hetero) is 1. The van der Waals surface area contributed by atoms with Crippen molar-refractivity contribution in [1.29, 1.82) is 0 Å². The summed E-state index contributed by atoms with van der Waals surface area (Å²) in [5.74, 6) is 1.60. The number of rotatable bonds is 4. The highest BCUT2D eigenvalue weighted by molar-refractivity contribution is 9.10. The Morgan fingerprint density at radius 3 is 2.60 bits per heavy atom. The van der Waals surface area contributed by atoms with Crippen LogP contribution in [0.1, 0.15) is 45.1 Å². The molecule has 30 heavy (non-hydrogen) atoms. The number of carbonyl (C=O) groups excluding carboxylic acids is 1. The maximum Gasteiger partial charge on any atom is 0.253 e. The fraction of sp³-hybridized carbons (Fsp3) is 0.217. The lowest BCUT2D eigenvalue weighted by Crippen LogP contribution is -2.21. The first kappa shape index (κ1) is 19.5. The molecule has 0 unspecified atom stereocenters. The van der Waals surface area contributed by atoms with E-state index in [0.717, 1.165) is 22.3 Å². The largest absolute Gasteiger partial charge is 0.294 e. The zero-order valence-corrected chi connectivity index (χ0v) is 18.8. The number of aromatic nitrogens is 4. The van der Waals surface area contributed by atoms with Crippen LogP contribution in [0.3, 0.4) is 0 Å². The average Bonchev–Trinajstić information content (AvgIpc) is 3.14. The SMILES string of the molecule is Cc1ccc([C@@H]2CC(=O)c3cn4nc(SCc5ccc(Br)cc5)nc4nc3C2)cc1. The summed E-state index contributed by atoms with van der Waals surface area (Å²) in [6.45, 7) is 2.07. The molecular formula is C23H19BrN4OS. The molecule has 0 aliphatic heterocycles. The highest BCUT2D eigenvalue weighted by Gasteiger charge is 2.28. The van der Waals surface area contributed by atoms with Gasteiger partial charge in [0.25, 0.3) is 5.78 Å². The van der Waals surface area contributed by atoms with E-state index in [4.69, 9.17) is 4.98 Å². The minimum absolute atomic E-state index is 0.121. The first-order valence-corrected chi connectivity index (χ1v) is 11.6. The predicted molar refractivity (Wildman–Crippen MR) is 121 cm³/mol. The second kappa shape index (κ2) is 7.96. The van der Waals surface area contributed by atoms with Gasteiger partial charge in [-0.05, 0) is 42.5 Å². The third-order valence-electron chi connectivity index (χ3n) is 5.39. The van der Waals surface area contributed by atoms with Crippen molar-refractivity contribution < 1.29 is 4.79 Å². The van der Waals surface area contributed by atoms with Gasteiger partial charge in [0.2, 0.25) is 5.16 Å². The van der Waals surface area contributed by atoms with Gasteiger partial charge in [-0.1, -0.05) is 69.7 Å². The van der Waals surface area contributed by atoms with E-state index in [1.54, 1.807) is 22.5 Å². The third kappa shape index (κ3) is 3.91. The minimum Gasteiger partial charge on any atom is -0.294 e. The molecule has 4 aromatic rings. The normalized spacial score (nSPS) is 16.1. The average molecular weight is 479 g/mol. The van der Waals surface area contributed by atoms with Crippen molar-refractivity contribution in [3.05, 3.63) is 87.1 Å². The molecule has 5 rings (SSSR count). The Labute approximate surface area is 187 Å². The van der Waals surface area contributed by atoms with Gasteiger partial charge in [0.15, 0.2) is 5.78 Å². The summed E-state index contributed by atoms with van der Waals surface area (Å²) in [4.78, 5) is 22.1. The predicted octanol–water partition coefficient (Wildman–Crippen LogP) is 5.40. The van der Waals surface area contributed by atoms with Gasteiger partial charge in [0, 0.05) is 22.8 Å². The van der Waals surface area contributed by atoms with Crippen LogP contribution < -0.4 is 0 Å². The Hall–Kier alpha value is -2.51. The van der Waals surface area contributed by atoms with E-state index in [0.29, 0.717) is 22.9 Å². The Morgan fingerprint density at radius 2 is 1.83 bits per heavy atom. The lowest BCUT2D eigenvalue weighted by atomic mass is 9.82. The summed E-state index contributed by atoms with van der Waals surface area (Å²) >= 11 is 5.02. The molecule has 5 nitrogen and oxygen atoms in total. The molecule has 0 fully saturated rings. The first-order chi connectivity index (χ1) is 14.5. The van der Waals surface area contributed by atoms with E-state index >= 15 is 0 Å². The third-order valence-corrected chi connectivity index (χ3v) is 6.83. The maximum atomic E-state index is 12.8. The number of thioether (sulfide) groups is 1. The Balaban J connectivity index is 1.39. The first-order valence-electron chi connectivity index (χ1n) is 9.78. The molecule has 0 spiro atoms. The number of aryl methyl sites for hydroxylation is 1. The second-order valence-corrected chi connectivity index (χ2v) is 9.45. The molecule has 0 amide bonds. The summed E-state index contributed by atoms with van der Waals surface area (Å²) in [6.07, 6.45) is 3.04. The van der Waals surface area contributed by atoms with Crippen LogP contribution in [0.2, 0.25) is 0 Å². The molecular weight excluding hydrogens is 460 g/mol. The van der Waals surface area contributed by atoms with Crippen LogP contribution in [0.25, 0.3) is 5.78 Å². The second-order valence-electron chi connectivity index (χ2n) is 7.59. The van der Waals surface area contributed by atoms with Crippen LogP contribution in [0.5, 0.6) is 0 Å². The Bertz CT molecular complexity index is 1230. The molecule has 2 aromatic carbocycles. The fourth-order valence-corrected chi connectivity index (χ4v) is 4.77. The summed E-state index contributed by atoms with van der Waals surface area (Å²) < 4.78 is 2.69. The summed E-state index contributed by atoms with van der Waals surface area (Å²) in [6, 6.07) is 16.6. The minimum atomic E-state index is 0.121. The number of ketones is 1. The number of halogens is 1. The van der Waals surface area contributed by atoms with Crippen LogP contribution in [-0.2, 0) is 12.2 Å². The topological polar surface area (TPSA) is 60.2 Å². The molecule has 0 saturated heterocycles. The van der Waals surface area contributed by atoms with Gasteiger partial charge in [0.05, 0.1) is 11.3 Å². The molecule has 0 radical (unpaired) electrons. The van der Waals surface area contributed by atoms with Gasteiger partial charge in [-0.2, -0.15) is 4.98 Å². The molecule has 150 valence electrons. The van der Waals surface area contributed by atoms with Crippen molar-refractivity contribution in [1.82, 2.24) is 19.6 Å². The van der Waals surface area contributed by atoms with Crippen molar-refractivity contribution in [2.75, 3.05) is 0 Å². The van der Waals surface area contributed by atoms with E-state index < -0.39 is 0 Å². The zero-order valence-electron chi connectivity index (χ0n) is 16.4. The van der Waals surface area contributed by atoms with Crippen LogP contribution >= 0.6 is 27.7 Å². The van der Waals surface area contributed by atoms with Crippen molar-refractivity contribution in [2.24, 2.45) is 0 Å². The maximum absolute atomic E-state index is 12.8. The lowest BCUT2D eigenvalue weighted by molar-refractivity contribution is 0.0962. The highest BCUT2D eigenvalue weighted by Crippen LogP contribution is 2.32. The van der Waals surface area contributed by atoms with E-state index in [2.05, 4.69) is 69.3 Å². The van der Waals surface area contributed by atoms with Gasteiger partial charge in [-0.3, -0.25) is 4.79 Å². The van der Waals surface area contributed by atoms with Crippen LogP contribution in [0.15, 0.2) is 64.4 Å². The van der Waals surface area contributed by atoms with Gasteiger partial charge in [-0.15, -0.1) is 5.10 Å². The van der Waals surface area contributed by atoms with Gasteiger partial charge in [-0.25, -0.2) is 9.50 Å². The number of nitrogens with zero attached hydrogens (tertiary/aromatic N) is 4. The standard InChI is InChI=1S/C23H19BrN4OS/c1-14-2-6-16(7-3-14)17-10-20-19(21(29)11-17)12-28-22(25-20)26-23(27-28)30-13-15-4-8-18(24)9-5-15/h2-9,12,17H,10-11,13H2,1H3/t17-/m0/s1. The smallest absolute Gasteiger partial charge is 0.253 e. The number of hydrogen-bond acceptors (Lipinski definition) is 5. The fourth-order valence-electron chi connectivity index (χ4n) is 3.73. The monoisotopic (exact) mass is 478 g/mol. The summed E-state index contributed by atoms with van der Waals surface area (Å²) in [5, 5.41) is 5.18.